The minimum absolute atomic E-state index is 0.0151. The van der Waals surface area contributed by atoms with E-state index in [1.165, 1.54) is 0 Å². The second kappa shape index (κ2) is 11.3. The van der Waals surface area contributed by atoms with Crippen LogP contribution >= 0.6 is 11.6 Å². The van der Waals surface area contributed by atoms with E-state index in [9.17, 15) is 10.2 Å². The third-order valence-corrected chi connectivity index (χ3v) is 6.54. The molecule has 8 nitrogen and oxygen atoms in total. The zero-order valence-corrected chi connectivity index (χ0v) is 20.8. The number of β-amino-alcohol motifs (C(OH)–C–C–N with tert-alkyl or cyclic N) is 1. The van der Waals surface area contributed by atoms with Crippen molar-refractivity contribution in [3.63, 3.8) is 0 Å². The Kier molecular flexibility index (Phi) is 8.18. The van der Waals surface area contributed by atoms with Crippen molar-refractivity contribution in [2.45, 2.75) is 38.1 Å². The predicted octanol–water partition coefficient (Wildman–Crippen LogP) is 3.31. The number of piperidine rings is 1. The smallest absolute Gasteiger partial charge is 0.161 e. The number of ether oxygens (including phenoxy) is 3. The molecule has 0 saturated carbocycles. The van der Waals surface area contributed by atoms with Crippen LogP contribution < -0.4 is 14.2 Å². The van der Waals surface area contributed by atoms with Crippen LogP contribution in [0.4, 0.5) is 0 Å². The summed E-state index contributed by atoms with van der Waals surface area (Å²) in [5.41, 5.74) is -0.353. The van der Waals surface area contributed by atoms with E-state index < -0.39 is 11.7 Å². The van der Waals surface area contributed by atoms with Gasteiger partial charge in [-0.15, -0.1) is 0 Å². The summed E-state index contributed by atoms with van der Waals surface area (Å²) < 4.78 is 19.3. The van der Waals surface area contributed by atoms with Gasteiger partial charge >= 0.3 is 0 Å². The topological polar surface area (TPSA) is 89.2 Å². The lowest BCUT2D eigenvalue weighted by Crippen LogP contribution is -2.59. The zero-order valence-electron chi connectivity index (χ0n) is 20.1. The summed E-state index contributed by atoms with van der Waals surface area (Å²) in [6, 6.07) is 12.8. The van der Waals surface area contributed by atoms with Crippen molar-refractivity contribution >= 4 is 11.6 Å². The molecular formula is C26H32ClN3O5. The molecule has 2 atom stereocenters. The van der Waals surface area contributed by atoms with E-state index in [0.29, 0.717) is 54.9 Å². The first kappa shape index (κ1) is 25.3. The molecule has 0 radical (unpaired) electrons. The van der Waals surface area contributed by atoms with Gasteiger partial charge in [-0.1, -0.05) is 17.7 Å². The summed E-state index contributed by atoms with van der Waals surface area (Å²) in [6.45, 7) is 4.68. The molecule has 1 saturated heterocycles. The third-order valence-electron chi connectivity index (χ3n) is 6.29. The third kappa shape index (κ3) is 6.46. The molecule has 4 rings (SSSR count). The van der Waals surface area contributed by atoms with Crippen LogP contribution in [-0.4, -0.2) is 69.8 Å². The van der Waals surface area contributed by atoms with E-state index >= 15 is 0 Å². The number of aromatic nitrogens is 2. The number of rotatable bonds is 10. The molecule has 2 aromatic carbocycles. The summed E-state index contributed by atoms with van der Waals surface area (Å²) in [5, 5.41) is 22.3. The number of nitrogens with zero attached hydrogens (tertiary/aromatic N) is 3. The Morgan fingerprint density at radius 2 is 1.94 bits per heavy atom. The highest BCUT2D eigenvalue weighted by molar-refractivity contribution is 6.30. The highest BCUT2D eigenvalue weighted by atomic mass is 35.5. The van der Waals surface area contributed by atoms with Crippen LogP contribution in [0.15, 0.2) is 54.9 Å². The van der Waals surface area contributed by atoms with E-state index in [1.807, 2.05) is 35.9 Å². The van der Waals surface area contributed by atoms with E-state index in [4.69, 9.17) is 25.8 Å². The highest BCUT2D eigenvalue weighted by Crippen LogP contribution is 2.30. The number of hydrogen-bond donors (Lipinski definition) is 2. The largest absolute Gasteiger partial charge is 0.493 e. The lowest BCUT2D eigenvalue weighted by Gasteiger charge is -2.42. The van der Waals surface area contributed by atoms with Gasteiger partial charge in [-0.3, -0.25) is 4.90 Å². The van der Waals surface area contributed by atoms with Crippen LogP contribution in [0.2, 0.25) is 5.02 Å². The van der Waals surface area contributed by atoms with Crippen LogP contribution in [-0.2, 0) is 13.1 Å². The molecule has 0 bridgehead atoms. The maximum absolute atomic E-state index is 11.2. The van der Waals surface area contributed by atoms with Crippen molar-refractivity contribution in [3.8, 4) is 17.2 Å². The van der Waals surface area contributed by atoms with Gasteiger partial charge < -0.3 is 29.0 Å². The molecule has 2 heterocycles. The number of imidazole rings is 1. The molecule has 0 spiro atoms. The SMILES string of the molecule is COc1cc(CN2CC[C@H](O)[C@@](O)(COc3ccc(Cl)cc3)C2)ccc1OCCn1ccnc1C. The predicted molar refractivity (Wildman–Crippen MR) is 133 cm³/mol. The average Bonchev–Trinajstić information content (AvgIpc) is 3.26. The average molecular weight is 502 g/mol. The monoisotopic (exact) mass is 501 g/mol. The van der Waals surface area contributed by atoms with Gasteiger partial charge in [0, 0.05) is 37.1 Å². The van der Waals surface area contributed by atoms with Gasteiger partial charge in [-0.05, 0) is 55.3 Å². The minimum Gasteiger partial charge on any atom is -0.493 e. The van der Waals surface area contributed by atoms with E-state index in [1.54, 1.807) is 37.6 Å². The maximum Gasteiger partial charge on any atom is 0.161 e. The van der Waals surface area contributed by atoms with Crippen molar-refractivity contribution < 1.29 is 24.4 Å². The minimum atomic E-state index is -1.38. The summed E-state index contributed by atoms with van der Waals surface area (Å²) in [5.74, 6) is 2.87. The van der Waals surface area contributed by atoms with Gasteiger partial charge in [0.05, 0.1) is 19.8 Å². The van der Waals surface area contributed by atoms with Crippen molar-refractivity contribution in [1.29, 1.82) is 0 Å². The van der Waals surface area contributed by atoms with Crippen LogP contribution in [0.3, 0.4) is 0 Å². The normalized spacial score (nSPS) is 20.5. The molecule has 1 aliphatic heterocycles. The van der Waals surface area contributed by atoms with Crippen LogP contribution in [0.25, 0.3) is 0 Å². The van der Waals surface area contributed by atoms with Crippen LogP contribution in [0, 0.1) is 6.92 Å². The number of aliphatic hydroxyl groups excluding tert-OH is 1. The Bertz CT molecular complexity index is 1110. The van der Waals surface area contributed by atoms with E-state index in [-0.39, 0.29) is 13.2 Å². The first-order chi connectivity index (χ1) is 16.9. The fraction of sp³-hybridized carbons (Fsp3) is 0.423. The molecule has 0 amide bonds. The number of halogens is 1. The Morgan fingerprint density at radius 1 is 1.14 bits per heavy atom. The van der Waals surface area contributed by atoms with Gasteiger partial charge in [0.25, 0.3) is 0 Å². The van der Waals surface area contributed by atoms with Crippen molar-refractivity contribution in [2.24, 2.45) is 0 Å². The second-order valence-electron chi connectivity index (χ2n) is 8.86. The fourth-order valence-corrected chi connectivity index (χ4v) is 4.37. The van der Waals surface area contributed by atoms with E-state index in [2.05, 4.69) is 9.88 Å². The number of aryl methyl sites for hydroxylation is 1. The Hall–Kier alpha value is -2.78. The Morgan fingerprint density at radius 3 is 2.66 bits per heavy atom. The Balaban J connectivity index is 1.35. The second-order valence-corrected chi connectivity index (χ2v) is 9.30. The standard InChI is InChI=1S/C26H32ClN3O5/c1-19-28-10-12-30(19)13-14-34-23-8-3-20(15-24(23)33-2)16-29-11-9-25(31)26(32,17-29)18-35-22-6-4-21(27)5-7-22/h3-8,10,12,15,25,31-32H,9,11,13-14,16-18H2,1-2H3/t25-,26-/m0/s1. The number of benzene rings is 2. The molecular weight excluding hydrogens is 470 g/mol. The summed E-state index contributed by atoms with van der Waals surface area (Å²) in [6.07, 6.45) is 3.29. The summed E-state index contributed by atoms with van der Waals surface area (Å²) >= 11 is 5.92. The van der Waals surface area contributed by atoms with Gasteiger partial charge in [0.1, 0.15) is 30.4 Å². The van der Waals surface area contributed by atoms with E-state index in [0.717, 1.165) is 11.4 Å². The lowest BCUT2D eigenvalue weighted by molar-refractivity contribution is -0.140. The summed E-state index contributed by atoms with van der Waals surface area (Å²) in [4.78, 5) is 6.33. The summed E-state index contributed by atoms with van der Waals surface area (Å²) in [7, 11) is 1.62. The first-order valence-electron chi connectivity index (χ1n) is 11.6. The van der Waals surface area contributed by atoms with Crippen molar-refractivity contribution in [2.75, 3.05) is 33.4 Å². The van der Waals surface area contributed by atoms with Gasteiger partial charge in [0.15, 0.2) is 11.5 Å². The molecule has 1 aliphatic rings. The number of hydrogen-bond acceptors (Lipinski definition) is 7. The number of aliphatic hydroxyl groups is 2. The van der Waals surface area contributed by atoms with Gasteiger partial charge in [0.2, 0.25) is 0 Å². The fourth-order valence-electron chi connectivity index (χ4n) is 4.24. The van der Waals surface area contributed by atoms with Gasteiger partial charge in [-0.2, -0.15) is 0 Å². The molecule has 1 aromatic heterocycles. The van der Waals surface area contributed by atoms with Crippen LogP contribution in [0.5, 0.6) is 17.2 Å². The van der Waals surface area contributed by atoms with Gasteiger partial charge in [-0.25, -0.2) is 4.98 Å². The molecule has 188 valence electrons. The first-order valence-corrected chi connectivity index (χ1v) is 12.0. The number of likely N-dealkylation sites (tertiary alicyclic amines) is 1. The molecule has 2 N–H and O–H groups in total. The molecule has 0 unspecified atom stereocenters. The van der Waals surface area contributed by atoms with Crippen molar-refractivity contribution in [1.82, 2.24) is 14.5 Å². The quantitative estimate of drug-likeness (QED) is 0.440. The molecule has 1 fully saturated rings. The highest BCUT2D eigenvalue weighted by Gasteiger charge is 2.42. The molecule has 3 aromatic rings. The molecule has 9 heteroatoms. The molecule has 35 heavy (non-hydrogen) atoms. The Labute approximate surface area is 210 Å². The number of methoxy groups -OCH3 is 1. The van der Waals surface area contributed by atoms with Crippen LogP contribution in [0.1, 0.15) is 17.8 Å². The molecule has 0 aliphatic carbocycles. The zero-order chi connectivity index (χ0) is 24.8. The maximum atomic E-state index is 11.2. The van der Waals surface area contributed by atoms with Crippen molar-refractivity contribution in [3.05, 3.63) is 71.3 Å². The lowest BCUT2D eigenvalue weighted by atomic mass is 9.90.